The summed E-state index contributed by atoms with van der Waals surface area (Å²) in [6, 6.07) is 7.33. The van der Waals surface area contributed by atoms with Gasteiger partial charge in [0.05, 0.1) is 15.7 Å². The van der Waals surface area contributed by atoms with Gasteiger partial charge in [-0.15, -0.1) is 0 Å². The number of nitrogens with zero attached hydrogens (tertiary/aromatic N) is 3. The molecular formula is C18H13Cl3IN5O. The molecule has 10 heteroatoms. The molecule has 0 aliphatic carbocycles. The molecule has 1 unspecified atom stereocenters. The Morgan fingerprint density at radius 3 is 2.50 bits per heavy atom. The van der Waals surface area contributed by atoms with Crippen LogP contribution in [0.25, 0.3) is 0 Å². The number of fused-ring (bicyclic) bond motifs is 1. The third-order valence-electron chi connectivity index (χ3n) is 4.28. The Balaban J connectivity index is 1.66. The van der Waals surface area contributed by atoms with Crippen LogP contribution >= 0.6 is 57.4 Å². The predicted octanol–water partition coefficient (Wildman–Crippen LogP) is 5.54. The van der Waals surface area contributed by atoms with Gasteiger partial charge in [0, 0.05) is 35.8 Å². The first-order chi connectivity index (χ1) is 13.4. The highest BCUT2D eigenvalue weighted by atomic mass is 127. The fourth-order valence-electron chi connectivity index (χ4n) is 2.92. The van der Waals surface area contributed by atoms with Gasteiger partial charge in [-0.1, -0.05) is 40.9 Å². The Bertz CT molecular complexity index is 1020. The standard InChI is InChI=1S/C18H13Cl3IN5O/c1-9(16-11(19)7-23-8-12(16)20)28-15-5-3-13-17(25-15)18(22,27-26-13)10-2-4-14(21)24-6-10/h2-9,26-27H,1H3/t9?,18-/m0/s1. The number of hydrogen-bond acceptors (Lipinski definition) is 6. The first-order valence-corrected chi connectivity index (χ1v) is 10.4. The monoisotopic (exact) mass is 547 g/mol. The minimum absolute atomic E-state index is 0.406. The average molecular weight is 549 g/mol. The molecule has 1 aliphatic rings. The molecule has 0 saturated heterocycles. The minimum atomic E-state index is -0.626. The van der Waals surface area contributed by atoms with E-state index in [4.69, 9.17) is 44.5 Å². The largest absolute Gasteiger partial charge is 0.470 e. The van der Waals surface area contributed by atoms with Crippen molar-refractivity contribution in [2.24, 2.45) is 0 Å². The number of aromatic nitrogens is 3. The topological polar surface area (TPSA) is 72.0 Å². The highest BCUT2D eigenvalue weighted by molar-refractivity contribution is 14.1. The van der Waals surface area contributed by atoms with Crippen molar-refractivity contribution in [1.29, 1.82) is 0 Å². The third kappa shape index (κ3) is 3.61. The molecule has 0 radical (unpaired) electrons. The molecule has 0 aromatic carbocycles. The smallest absolute Gasteiger partial charge is 0.214 e. The van der Waals surface area contributed by atoms with Gasteiger partial charge in [0.2, 0.25) is 5.88 Å². The van der Waals surface area contributed by atoms with Crippen LogP contribution in [0.3, 0.4) is 0 Å². The summed E-state index contributed by atoms with van der Waals surface area (Å²) in [6.07, 6.45) is 4.38. The number of alkyl halides is 1. The van der Waals surface area contributed by atoms with E-state index in [1.165, 1.54) is 12.4 Å². The van der Waals surface area contributed by atoms with Crippen LogP contribution in [0.5, 0.6) is 5.88 Å². The Morgan fingerprint density at radius 2 is 1.82 bits per heavy atom. The first kappa shape index (κ1) is 19.9. The lowest BCUT2D eigenvalue weighted by Gasteiger charge is -2.22. The van der Waals surface area contributed by atoms with Crippen LogP contribution in [-0.4, -0.2) is 15.0 Å². The summed E-state index contributed by atoms with van der Waals surface area (Å²) < 4.78 is 5.41. The van der Waals surface area contributed by atoms with E-state index in [-0.39, 0.29) is 0 Å². The van der Waals surface area contributed by atoms with E-state index in [0.29, 0.717) is 26.6 Å². The van der Waals surface area contributed by atoms with E-state index < -0.39 is 9.65 Å². The predicted molar refractivity (Wildman–Crippen MR) is 118 cm³/mol. The molecule has 0 fully saturated rings. The van der Waals surface area contributed by atoms with Crippen LogP contribution in [0, 0.1) is 0 Å². The van der Waals surface area contributed by atoms with Gasteiger partial charge in [0.1, 0.15) is 17.0 Å². The van der Waals surface area contributed by atoms with Gasteiger partial charge in [-0.2, -0.15) is 0 Å². The van der Waals surface area contributed by atoms with Crippen LogP contribution in [0.15, 0.2) is 42.9 Å². The van der Waals surface area contributed by atoms with E-state index in [1.807, 2.05) is 19.1 Å². The van der Waals surface area contributed by atoms with Crippen molar-refractivity contribution in [3.05, 3.63) is 74.9 Å². The van der Waals surface area contributed by atoms with E-state index in [2.05, 4.69) is 43.4 Å². The number of hydrogen-bond donors (Lipinski definition) is 2. The van der Waals surface area contributed by atoms with Crippen molar-refractivity contribution in [2.75, 3.05) is 5.43 Å². The maximum Gasteiger partial charge on any atom is 0.214 e. The Hall–Kier alpha value is -1.39. The highest BCUT2D eigenvalue weighted by Crippen LogP contribution is 2.44. The van der Waals surface area contributed by atoms with Crippen molar-refractivity contribution >= 4 is 63.1 Å². The molecule has 0 saturated carbocycles. The second-order valence-electron chi connectivity index (χ2n) is 6.10. The summed E-state index contributed by atoms with van der Waals surface area (Å²) in [5.41, 5.74) is 9.59. The lowest BCUT2D eigenvalue weighted by Crippen LogP contribution is -2.35. The van der Waals surface area contributed by atoms with Gasteiger partial charge >= 0.3 is 0 Å². The summed E-state index contributed by atoms with van der Waals surface area (Å²) in [7, 11) is 0. The van der Waals surface area contributed by atoms with Crippen LogP contribution in [0.4, 0.5) is 5.69 Å². The molecule has 4 rings (SSSR count). The maximum atomic E-state index is 6.24. The molecule has 28 heavy (non-hydrogen) atoms. The number of pyridine rings is 3. The number of rotatable bonds is 4. The van der Waals surface area contributed by atoms with Gasteiger partial charge in [-0.25, -0.2) is 15.4 Å². The molecule has 0 spiro atoms. The van der Waals surface area contributed by atoms with Gasteiger partial charge < -0.3 is 10.2 Å². The summed E-state index contributed by atoms with van der Waals surface area (Å²) in [5.74, 6) is 0.448. The van der Waals surface area contributed by atoms with Crippen LogP contribution in [0.1, 0.15) is 29.8 Å². The van der Waals surface area contributed by atoms with Gasteiger partial charge in [-0.05, 0) is 41.6 Å². The lowest BCUT2D eigenvalue weighted by molar-refractivity contribution is 0.217. The minimum Gasteiger partial charge on any atom is -0.470 e. The highest BCUT2D eigenvalue weighted by Gasteiger charge is 2.40. The van der Waals surface area contributed by atoms with Crippen molar-refractivity contribution < 1.29 is 4.74 Å². The van der Waals surface area contributed by atoms with Gasteiger partial charge in [0.15, 0.2) is 3.55 Å². The number of ether oxygens (including phenoxy) is 1. The number of hydrazine groups is 1. The van der Waals surface area contributed by atoms with Gasteiger partial charge in [0.25, 0.3) is 0 Å². The van der Waals surface area contributed by atoms with Crippen molar-refractivity contribution in [1.82, 2.24) is 20.4 Å². The van der Waals surface area contributed by atoms with Crippen molar-refractivity contribution in [3.63, 3.8) is 0 Å². The first-order valence-electron chi connectivity index (χ1n) is 8.19. The summed E-state index contributed by atoms with van der Waals surface area (Å²) in [5, 5.41) is 1.32. The molecule has 3 aromatic rings. The average Bonchev–Trinajstić information content (AvgIpc) is 3.00. The molecule has 0 amide bonds. The summed E-state index contributed by atoms with van der Waals surface area (Å²) in [4.78, 5) is 12.9. The summed E-state index contributed by atoms with van der Waals surface area (Å²) >= 11 is 20.7. The normalized spacial score (nSPS) is 19.0. The van der Waals surface area contributed by atoms with E-state index >= 15 is 0 Å². The fraction of sp³-hybridized carbons (Fsp3) is 0.167. The van der Waals surface area contributed by atoms with Crippen LogP contribution in [-0.2, 0) is 3.55 Å². The van der Waals surface area contributed by atoms with E-state index in [9.17, 15) is 0 Å². The van der Waals surface area contributed by atoms with E-state index in [0.717, 1.165) is 16.9 Å². The van der Waals surface area contributed by atoms with E-state index in [1.54, 1.807) is 18.3 Å². The molecule has 4 heterocycles. The van der Waals surface area contributed by atoms with Crippen molar-refractivity contribution in [2.45, 2.75) is 16.6 Å². The zero-order chi connectivity index (χ0) is 19.9. The second-order valence-corrected chi connectivity index (χ2v) is 8.92. The quantitative estimate of drug-likeness (QED) is 0.193. The third-order valence-corrected chi connectivity index (χ3v) is 6.51. The van der Waals surface area contributed by atoms with Gasteiger partial charge in [-0.3, -0.25) is 4.98 Å². The van der Waals surface area contributed by atoms with Crippen LogP contribution < -0.4 is 15.6 Å². The summed E-state index contributed by atoms with van der Waals surface area (Å²) in [6.45, 7) is 1.86. The maximum absolute atomic E-state index is 6.24. The van der Waals surface area contributed by atoms with Crippen molar-refractivity contribution in [3.8, 4) is 5.88 Å². The number of nitrogens with one attached hydrogen (secondary N) is 2. The molecular weight excluding hydrogens is 535 g/mol. The molecule has 2 N–H and O–H groups in total. The SMILES string of the molecule is CC(Oc1ccc2c(n1)[C@](I)(c1ccc(Cl)nc1)NN2)c1c(Cl)cncc1Cl. The second kappa shape index (κ2) is 7.79. The molecule has 3 aromatic heterocycles. The Labute approximate surface area is 190 Å². The Kier molecular flexibility index (Phi) is 5.54. The zero-order valence-electron chi connectivity index (χ0n) is 14.4. The molecule has 2 atom stereocenters. The zero-order valence-corrected chi connectivity index (χ0v) is 18.8. The lowest BCUT2D eigenvalue weighted by atomic mass is 10.1. The number of halogens is 4. The fourth-order valence-corrected chi connectivity index (χ4v) is 4.57. The molecule has 0 bridgehead atoms. The molecule has 144 valence electrons. The molecule has 6 nitrogen and oxygen atoms in total. The van der Waals surface area contributed by atoms with Crippen LogP contribution in [0.2, 0.25) is 15.2 Å². The molecule has 1 aliphatic heterocycles. The number of anilines is 1. The Morgan fingerprint density at radius 1 is 1.07 bits per heavy atom.